The van der Waals surface area contributed by atoms with Crippen LogP contribution in [0.15, 0.2) is 24.3 Å². The van der Waals surface area contributed by atoms with Gasteiger partial charge < -0.3 is 9.47 Å². The molecular formula is C18H24O4. The summed E-state index contributed by atoms with van der Waals surface area (Å²) in [4.78, 5) is 24.1. The Balaban J connectivity index is 2.10. The molecular weight excluding hydrogens is 280 g/mol. The highest BCUT2D eigenvalue weighted by molar-refractivity contribution is 6.08. The van der Waals surface area contributed by atoms with Crippen molar-refractivity contribution >= 4 is 11.8 Å². The number of rotatable bonds is 6. The lowest BCUT2D eigenvalue weighted by Gasteiger charge is -2.22. The molecule has 1 saturated carbocycles. The maximum atomic E-state index is 12.4. The highest BCUT2D eigenvalue weighted by Gasteiger charge is 2.28. The largest absolute Gasteiger partial charge is 0.468 e. The van der Waals surface area contributed by atoms with E-state index in [1.807, 2.05) is 24.3 Å². The lowest BCUT2D eigenvalue weighted by molar-refractivity contribution is -0.145. The number of ketones is 1. The predicted octanol–water partition coefficient (Wildman–Crippen LogP) is 3.35. The second-order valence-corrected chi connectivity index (χ2v) is 5.85. The van der Waals surface area contributed by atoms with Gasteiger partial charge in [-0.3, -0.25) is 9.59 Å². The third-order valence-corrected chi connectivity index (χ3v) is 4.41. The van der Waals surface area contributed by atoms with Crippen molar-refractivity contribution in [1.82, 2.24) is 0 Å². The fraction of sp³-hybridized carbons (Fsp3) is 0.556. The van der Waals surface area contributed by atoms with E-state index in [9.17, 15) is 9.59 Å². The van der Waals surface area contributed by atoms with E-state index in [1.165, 1.54) is 51.9 Å². The number of ether oxygens (including phenoxy) is 2. The van der Waals surface area contributed by atoms with Crippen molar-refractivity contribution < 1.29 is 19.1 Å². The molecule has 1 fully saturated rings. The highest BCUT2D eigenvalue weighted by Crippen LogP contribution is 2.32. The molecule has 0 aromatic heterocycles. The first-order valence-electron chi connectivity index (χ1n) is 7.88. The summed E-state index contributed by atoms with van der Waals surface area (Å²) in [6.45, 7) is 0.0376. The standard InChI is InChI=1S/C18H24O4/c1-21-12-16(18(20)22-2)17(19)15-10-8-14(9-11-15)13-6-4-3-5-7-13/h8-11,13,16H,3-7,12H2,1-2H3. The van der Waals surface area contributed by atoms with E-state index in [1.54, 1.807) is 0 Å². The van der Waals surface area contributed by atoms with Gasteiger partial charge in [0.05, 0.1) is 13.7 Å². The van der Waals surface area contributed by atoms with Gasteiger partial charge in [-0.2, -0.15) is 0 Å². The zero-order valence-electron chi connectivity index (χ0n) is 13.3. The number of hydrogen-bond donors (Lipinski definition) is 0. The van der Waals surface area contributed by atoms with Crippen LogP contribution in [-0.4, -0.2) is 32.6 Å². The third kappa shape index (κ3) is 3.95. The van der Waals surface area contributed by atoms with Crippen LogP contribution in [0.25, 0.3) is 0 Å². The number of benzene rings is 1. The summed E-state index contributed by atoms with van der Waals surface area (Å²) in [5.41, 5.74) is 1.82. The second-order valence-electron chi connectivity index (χ2n) is 5.85. The topological polar surface area (TPSA) is 52.6 Å². The van der Waals surface area contributed by atoms with Crippen molar-refractivity contribution in [2.45, 2.75) is 38.0 Å². The minimum Gasteiger partial charge on any atom is -0.468 e. The number of carbonyl (C=O) groups excluding carboxylic acids is 2. The average Bonchev–Trinajstić information content (AvgIpc) is 2.59. The lowest BCUT2D eigenvalue weighted by Crippen LogP contribution is -2.29. The highest BCUT2D eigenvalue weighted by atomic mass is 16.5. The summed E-state index contributed by atoms with van der Waals surface area (Å²) in [7, 11) is 2.75. The number of methoxy groups -OCH3 is 2. The predicted molar refractivity (Wildman–Crippen MR) is 84.0 cm³/mol. The Hall–Kier alpha value is -1.68. The third-order valence-electron chi connectivity index (χ3n) is 4.41. The fourth-order valence-corrected chi connectivity index (χ4v) is 3.12. The molecule has 0 bridgehead atoms. The first kappa shape index (κ1) is 16.7. The van der Waals surface area contributed by atoms with Crippen LogP contribution in [0.2, 0.25) is 0 Å². The minimum absolute atomic E-state index is 0.0376. The molecule has 0 N–H and O–H groups in total. The zero-order valence-corrected chi connectivity index (χ0v) is 13.3. The van der Waals surface area contributed by atoms with E-state index in [2.05, 4.69) is 4.74 Å². The first-order chi connectivity index (χ1) is 10.7. The van der Waals surface area contributed by atoms with Crippen LogP contribution < -0.4 is 0 Å². The molecule has 1 aliphatic rings. The van der Waals surface area contributed by atoms with Crippen LogP contribution in [0.3, 0.4) is 0 Å². The molecule has 1 aliphatic carbocycles. The molecule has 1 aromatic rings. The number of hydrogen-bond acceptors (Lipinski definition) is 4. The summed E-state index contributed by atoms with van der Waals surface area (Å²) < 4.78 is 9.65. The molecule has 0 radical (unpaired) electrons. The van der Waals surface area contributed by atoms with Crippen LogP contribution >= 0.6 is 0 Å². The summed E-state index contributed by atoms with van der Waals surface area (Å²) in [6, 6.07) is 7.67. The average molecular weight is 304 g/mol. The van der Waals surface area contributed by atoms with Gasteiger partial charge in [0, 0.05) is 12.7 Å². The van der Waals surface area contributed by atoms with Crippen LogP contribution in [-0.2, 0) is 14.3 Å². The van der Waals surface area contributed by atoms with Gasteiger partial charge in [-0.15, -0.1) is 0 Å². The van der Waals surface area contributed by atoms with Crippen LogP contribution in [0.4, 0.5) is 0 Å². The Morgan fingerprint density at radius 1 is 1.09 bits per heavy atom. The van der Waals surface area contributed by atoms with Crippen molar-refractivity contribution in [3.63, 3.8) is 0 Å². The second kappa shape index (κ2) is 8.08. The van der Waals surface area contributed by atoms with Gasteiger partial charge in [-0.1, -0.05) is 43.5 Å². The van der Waals surface area contributed by atoms with Crippen molar-refractivity contribution in [3.05, 3.63) is 35.4 Å². The molecule has 0 spiro atoms. The van der Waals surface area contributed by atoms with Gasteiger partial charge in [0.2, 0.25) is 0 Å². The Kier molecular flexibility index (Phi) is 6.13. The van der Waals surface area contributed by atoms with E-state index in [4.69, 9.17) is 4.74 Å². The smallest absolute Gasteiger partial charge is 0.318 e. The van der Waals surface area contributed by atoms with Gasteiger partial charge in [-0.05, 0) is 24.3 Å². The SMILES string of the molecule is COCC(C(=O)OC)C(=O)c1ccc(C2CCCCC2)cc1. The van der Waals surface area contributed by atoms with Crippen LogP contribution in [0.5, 0.6) is 0 Å². The molecule has 0 aliphatic heterocycles. The van der Waals surface area contributed by atoms with Crippen molar-refractivity contribution in [2.75, 3.05) is 20.8 Å². The molecule has 2 rings (SSSR count). The molecule has 120 valence electrons. The summed E-state index contributed by atoms with van der Waals surface area (Å²) in [5.74, 6) is -1.09. The Labute approximate surface area is 131 Å². The summed E-state index contributed by atoms with van der Waals surface area (Å²) in [5, 5.41) is 0. The molecule has 0 amide bonds. The van der Waals surface area contributed by atoms with Gasteiger partial charge in [0.15, 0.2) is 5.78 Å². The minimum atomic E-state index is -0.893. The molecule has 0 saturated heterocycles. The Bertz CT molecular complexity index is 500. The Morgan fingerprint density at radius 2 is 1.73 bits per heavy atom. The normalized spacial score (nSPS) is 17.0. The molecule has 0 heterocycles. The van der Waals surface area contributed by atoms with Crippen LogP contribution in [0.1, 0.15) is 53.9 Å². The van der Waals surface area contributed by atoms with Crippen LogP contribution in [0, 0.1) is 5.92 Å². The zero-order chi connectivity index (χ0) is 15.9. The van der Waals surface area contributed by atoms with Gasteiger partial charge in [0.25, 0.3) is 0 Å². The number of Topliss-reactive ketones (excluding diaryl/α,β-unsaturated/α-hetero) is 1. The molecule has 4 heteroatoms. The fourth-order valence-electron chi connectivity index (χ4n) is 3.12. The van der Waals surface area contributed by atoms with E-state index >= 15 is 0 Å². The molecule has 1 unspecified atom stereocenters. The number of carbonyl (C=O) groups is 2. The quantitative estimate of drug-likeness (QED) is 0.459. The van der Waals surface area contributed by atoms with Gasteiger partial charge >= 0.3 is 5.97 Å². The van der Waals surface area contributed by atoms with Gasteiger partial charge in [-0.25, -0.2) is 0 Å². The lowest BCUT2D eigenvalue weighted by atomic mass is 9.83. The monoisotopic (exact) mass is 304 g/mol. The van der Waals surface area contributed by atoms with Crippen molar-refractivity contribution in [3.8, 4) is 0 Å². The van der Waals surface area contributed by atoms with E-state index < -0.39 is 11.9 Å². The van der Waals surface area contributed by atoms with E-state index in [0.29, 0.717) is 11.5 Å². The summed E-state index contributed by atoms with van der Waals surface area (Å²) >= 11 is 0. The molecule has 22 heavy (non-hydrogen) atoms. The Morgan fingerprint density at radius 3 is 2.27 bits per heavy atom. The van der Waals surface area contributed by atoms with Gasteiger partial charge in [0.1, 0.15) is 5.92 Å². The van der Waals surface area contributed by atoms with E-state index in [0.717, 1.165) is 0 Å². The maximum absolute atomic E-state index is 12.4. The molecule has 1 aromatic carbocycles. The molecule has 4 nitrogen and oxygen atoms in total. The van der Waals surface area contributed by atoms with Crippen molar-refractivity contribution in [1.29, 1.82) is 0 Å². The maximum Gasteiger partial charge on any atom is 0.318 e. The van der Waals surface area contributed by atoms with Crippen molar-refractivity contribution in [2.24, 2.45) is 5.92 Å². The first-order valence-corrected chi connectivity index (χ1v) is 7.88. The van der Waals surface area contributed by atoms with E-state index in [-0.39, 0.29) is 12.4 Å². The summed E-state index contributed by atoms with van der Waals surface area (Å²) in [6.07, 6.45) is 6.33. The molecule has 1 atom stereocenters. The number of esters is 1.